The highest BCUT2D eigenvalue weighted by Crippen LogP contribution is 2.45. The summed E-state index contributed by atoms with van der Waals surface area (Å²) in [6.45, 7) is -0.920. The molecule has 2 aromatic rings. The number of nitrogen functional groups attached to an aromatic ring is 1. The zero-order chi connectivity index (χ0) is 23.8. The van der Waals surface area contributed by atoms with Crippen molar-refractivity contribution in [2.75, 3.05) is 19.4 Å². The van der Waals surface area contributed by atoms with Gasteiger partial charge >= 0.3 is 12.4 Å². The van der Waals surface area contributed by atoms with E-state index in [1.165, 1.54) is 12.3 Å². The van der Waals surface area contributed by atoms with E-state index < -0.39 is 58.1 Å². The summed E-state index contributed by atoms with van der Waals surface area (Å²) in [6.07, 6.45) is -8.93. The number of carbonyl (C=O) groups is 1. The number of pyridine rings is 2. The smallest absolute Gasteiger partial charge is 0.420 e. The van der Waals surface area contributed by atoms with Gasteiger partial charge in [0.1, 0.15) is 5.56 Å². The van der Waals surface area contributed by atoms with Crippen molar-refractivity contribution in [3.63, 3.8) is 0 Å². The van der Waals surface area contributed by atoms with E-state index in [1.54, 1.807) is 5.32 Å². The van der Waals surface area contributed by atoms with Crippen LogP contribution >= 0.6 is 11.6 Å². The number of anilines is 1. The Morgan fingerprint density at radius 3 is 2.42 bits per heavy atom. The molecule has 2 heterocycles. The molecule has 31 heavy (non-hydrogen) atoms. The molecule has 2 aromatic heterocycles. The predicted molar refractivity (Wildman–Crippen MR) is 97.5 cm³/mol. The van der Waals surface area contributed by atoms with Crippen LogP contribution in [0.1, 0.15) is 23.0 Å². The standard InChI is InChI=1S/C17H15ClF6N4O3/c1-15(30,17(22,23)24)6-27-13(29)12-10(25)9(18)8(16(19,20)21)11(28-12)7-4-3-5-26-14(7)31-2/h3-5,30H,6,25H2,1-2H3,(H,27,29). The molecule has 0 fully saturated rings. The van der Waals surface area contributed by atoms with Crippen molar-refractivity contribution in [3.05, 3.63) is 34.6 Å². The van der Waals surface area contributed by atoms with Crippen molar-refractivity contribution in [1.82, 2.24) is 15.3 Å². The summed E-state index contributed by atoms with van der Waals surface area (Å²) in [5.74, 6) is -1.67. The number of alkyl halides is 6. The van der Waals surface area contributed by atoms with E-state index in [9.17, 15) is 36.2 Å². The highest BCUT2D eigenvalue weighted by Gasteiger charge is 2.50. The molecule has 1 unspecified atom stereocenters. The number of carbonyl (C=O) groups excluding carboxylic acids is 1. The lowest BCUT2D eigenvalue weighted by atomic mass is 10.0. The van der Waals surface area contributed by atoms with Gasteiger partial charge in [-0.15, -0.1) is 0 Å². The van der Waals surface area contributed by atoms with Crippen LogP contribution in [0.25, 0.3) is 11.3 Å². The number of nitrogens with two attached hydrogens (primary N) is 1. The molecule has 0 aliphatic carbocycles. The largest absolute Gasteiger partial charge is 0.481 e. The summed E-state index contributed by atoms with van der Waals surface area (Å²) >= 11 is 5.78. The van der Waals surface area contributed by atoms with Crippen molar-refractivity contribution < 1.29 is 41.0 Å². The number of hydrogen-bond donors (Lipinski definition) is 3. The van der Waals surface area contributed by atoms with Gasteiger partial charge in [-0.1, -0.05) is 11.6 Å². The van der Waals surface area contributed by atoms with Crippen molar-refractivity contribution in [1.29, 1.82) is 0 Å². The molecule has 0 aliphatic rings. The molecular weight excluding hydrogens is 458 g/mol. The fourth-order valence-corrected chi connectivity index (χ4v) is 2.65. The minimum atomic E-state index is -5.09. The number of amides is 1. The molecule has 14 heteroatoms. The van der Waals surface area contributed by atoms with Crippen molar-refractivity contribution in [2.24, 2.45) is 0 Å². The van der Waals surface area contributed by atoms with Crippen molar-refractivity contribution >= 4 is 23.2 Å². The van der Waals surface area contributed by atoms with E-state index in [0.717, 1.165) is 13.2 Å². The fourth-order valence-electron chi connectivity index (χ4n) is 2.37. The molecule has 7 nitrogen and oxygen atoms in total. The number of ether oxygens (including phenoxy) is 1. The Labute approximate surface area is 176 Å². The quantitative estimate of drug-likeness (QED) is 0.575. The van der Waals surface area contributed by atoms with E-state index >= 15 is 0 Å². The Balaban J connectivity index is 2.64. The number of hydrogen-bond acceptors (Lipinski definition) is 6. The molecule has 0 bridgehead atoms. The lowest BCUT2D eigenvalue weighted by molar-refractivity contribution is -0.249. The Morgan fingerprint density at radius 2 is 1.90 bits per heavy atom. The molecule has 2 rings (SSSR count). The van der Waals surface area contributed by atoms with Gasteiger partial charge in [-0.2, -0.15) is 26.3 Å². The fraction of sp³-hybridized carbons (Fsp3) is 0.353. The molecule has 0 saturated carbocycles. The van der Waals surface area contributed by atoms with E-state index in [2.05, 4.69) is 9.97 Å². The molecule has 1 amide bonds. The maximum atomic E-state index is 13.7. The molecular formula is C17H15ClF6N4O3. The van der Waals surface area contributed by atoms with Gasteiger partial charge in [0.15, 0.2) is 11.3 Å². The maximum absolute atomic E-state index is 13.7. The van der Waals surface area contributed by atoms with Gasteiger partial charge in [0.05, 0.1) is 35.6 Å². The average molecular weight is 473 g/mol. The second-order valence-electron chi connectivity index (χ2n) is 6.42. The maximum Gasteiger partial charge on any atom is 0.420 e. The number of rotatable bonds is 5. The molecule has 0 radical (unpaired) electrons. The average Bonchev–Trinajstić information content (AvgIpc) is 2.66. The van der Waals surface area contributed by atoms with E-state index in [-0.39, 0.29) is 11.4 Å². The monoisotopic (exact) mass is 472 g/mol. The molecule has 0 aromatic carbocycles. The van der Waals surface area contributed by atoms with Gasteiger partial charge in [-0.3, -0.25) is 4.79 Å². The van der Waals surface area contributed by atoms with Gasteiger partial charge < -0.3 is 20.9 Å². The van der Waals surface area contributed by atoms with Gasteiger partial charge in [0.25, 0.3) is 5.91 Å². The summed E-state index contributed by atoms with van der Waals surface area (Å²) in [6, 6.07) is 2.43. The first kappa shape index (κ1) is 24.5. The third-order valence-electron chi connectivity index (χ3n) is 4.09. The van der Waals surface area contributed by atoms with Crippen LogP contribution in [-0.4, -0.2) is 46.4 Å². The highest BCUT2D eigenvalue weighted by atomic mass is 35.5. The zero-order valence-corrected chi connectivity index (χ0v) is 16.6. The minimum absolute atomic E-state index is 0.285. The third-order valence-corrected chi connectivity index (χ3v) is 4.49. The number of halogens is 7. The first-order valence-electron chi connectivity index (χ1n) is 8.24. The number of aliphatic hydroxyl groups is 1. The number of methoxy groups -OCH3 is 1. The van der Waals surface area contributed by atoms with Crippen LogP contribution in [0.5, 0.6) is 5.88 Å². The summed E-state index contributed by atoms with van der Waals surface area (Å²) in [7, 11) is 1.13. The van der Waals surface area contributed by atoms with E-state index in [0.29, 0.717) is 6.92 Å². The van der Waals surface area contributed by atoms with Crippen LogP contribution < -0.4 is 15.8 Å². The molecule has 4 N–H and O–H groups in total. The Morgan fingerprint density at radius 1 is 1.29 bits per heavy atom. The summed E-state index contributed by atoms with van der Waals surface area (Å²) in [4.78, 5) is 19.7. The lowest BCUT2D eigenvalue weighted by Crippen LogP contribution is -2.51. The Kier molecular flexibility index (Phi) is 6.62. The first-order valence-corrected chi connectivity index (χ1v) is 8.62. The first-order chi connectivity index (χ1) is 14.1. The summed E-state index contributed by atoms with van der Waals surface area (Å²) in [5, 5.41) is 10.1. The second kappa shape index (κ2) is 8.38. The molecule has 0 spiro atoms. The summed E-state index contributed by atoms with van der Waals surface area (Å²) in [5.41, 5.74) is -2.23. The summed E-state index contributed by atoms with van der Waals surface area (Å²) < 4.78 is 84.3. The molecule has 1 atom stereocenters. The van der Waals surface area contributed by atoms with Gasteiger partial charge in [-0.25, -0.2) is 9.97 Å². The van der Waals surface area contributed by atoms with Crippen LogP contribution in [0.3, 0.4) is 0 Å². The van der Waals surface area contributed by atoms with E-state index in [1.807, 2.05) is 0 Å². The third kappa shape index (κ3) is 4.93. The zero-order valence-electron chi connectivity index (χ0n) is 15.8. The predicted octanol–water partition coefficient (Wildman–Crippen LogP) is 3.45. The van der Waals surface area contributed by atoms with Gasteiger partial charge in [-0.05, 0) is 19.1 Å². The molecule has 0 saturated heterocycles. The SMILES string of the molecule is COc1ncccc1-c1nc(C(=O)NCC(C)(O)C(F)(F)F)c(N)c(Cl)c1C(F)(F)F. The Bertz CT molecular complexity index is 995. The second-order valence-corrected chi connectivity index (χ2v) is 6.80. The molecule has 170 valence electrons. The van der Waals surface area contributed by atoms with Crippen LogP contribution in [0.4, 0.5) is 32.0 Å². The normalized spacial score (nSPS) is 14.1. The van der Waals surface area contributed by atoms with Gasteiger partial charge in [0.2, 0.25) is 5.88 Å². The number of nitrogens with one attached hydrogen (secondary N) is 1. The van der Waals surface area contributed by atoms with Crippen molar-refractivity contribution in [3.8, 4) is 17.1 Å². The Hall–Kier alpha value is -2.80. The van der Waals surface area contributed by atoms with Crippen LogP contribution in [0, 0.1) is 0 Å². The van der Waals surface area contributed by atoms with Crippen molar-refractivity contribution in [2.45, 2.75) is 24.9 Å². The number of aromatic nitrogens is 2. The topological polar surface area (TPSA) is 110 Å². The lowest BCUT2D eigenvalue weighted by Gasteiger charge is -2.26. The van der Waals surface area contributed by atoms with Gasteiger partial charge in [0, 0.05) is 6.20 Å². The van der Waals surface area contributed by atoms with Crippen LogP contribution in [0.15, 0.2) is 18.3 Å². The number of nitrogens with zero attached hydrogens (tertiary/aromatic N) is 2. The van der Waals surface area contributed by atoms with Crippen LogP contribution in [0.2, 0.25) is 5.02 Å². The van der Waals surface area contributed by atoms with Crippen LogP contribution in [-0.2, 0) is 6.18 Å². The highest BCUT2D eigenvalue weighted by molar-refractivity contribution is 6.35. The minimum Gasteiger partial charge on any atom is -0.481 e. The molecule has 0 aliphatic heterocycles. The van der Waals surface area contributed by atoms with E-state index in [4.69, 9.17) is 22.1 Å².